The largest absolute Gasteiger partial charge is 0.388 e. The molecule has 20 heavy (non-hydrogen) atoms. The van der Waals surface area contributed by atoms with Gasteiger partial charge in [0.2, 0.25) is 0 Å². The number of hydrogen-bond acceptors (Lipinski definition) is 5. The summed E-state index contributed by atoms with van der Waals surface area (Å²) in [5, 5.41) is 16.7. The smallest absolute Gasteiger partial charge is 0.0897 e. The lowest BCUT2D eigenvalue weighted by Gasteiger charge is -2.36. The number of nitrogens with zero attached hydrogens (tertiary/aromatic N) is 1. The first-order valence-corrected chi connectivity index (χ1v) is 8.69. The molecule has 1 aliphatic heterocycles. The molecule has 0 spiro atoms. The number of morpholine rings is 1. The van der Waals surface area contributed by atoms with E-state index in [-0.39, 0.29) is 6.10 Å². The zero-order chi connectivity index (χ0) is 13.8. The van der Waals surface area contributed by atoms with Crippen LogP contribution in [0.15, 0.2) is 34.3 Å². The van der Waals surface area contributed by atoms with Crippen LogP contribution in [0.5, 0.6) is 0 Å². The van der Waals surface area contributed by atoms with Crippen molar-refractivity contribution >= 4 is 22.7 Å². The molecule has 2 atom stereocenters. The Kier molecular flexibility index (Phi) is 4.86. The third-order valence-electron chi connectivity index (χ3n) is 3.68. The topological polar surface area (TPSA) is 32.7 Å². The van der Waals surface area contributed by atoms with Gasteiger partial charge in [0, 0.05) is 24.0 Å². The average molecular weight is 309 g/mol. The minimum atomic E-state index is -0.383. The first kappa shape index (κ1) is 14.2. The summed E-state index contributed by atoms with van der Waals surface area (Å²) in [6.07, 6.45) is 0.358. The minimum Gasteiger partial charge on any atom is -0.388 e. The predicted octanol–water partition coefficient (Wildman–Crippen LogP) is 3.13. The van der Waals surface area contributed by atoms with Crippen molar-refractivity contribution in [2.45, 2.75) is 25.1 Å². The Morgan fingerprint density at radius 2 is 2.35 bits per heavy atom. The van der Waals surface area contributed by atoms with Crippen molar-refractivity contribution in [2.24, 2.45) is 0 Å². The highest BCUT2D eigenvalue weighted by atomic mass is 32.1. The van der Waals surface area contributed by atoms with E-state index in [4.69, 9.17) is 4.74 Å². The van der Waals surface area contributed by atoms with E-state index in [1.165, 1.54) is 5.56 Å². The van der Waals surface area contributed by atoms with Crippen molar-refractivity contribution in [1.29, 1.82) is 0 Å². The lowest BCUT2D eigenvalue weighted by atomic mass is 10.1. The molecule has 2 aromatic rings. The highest BCUT2D eigenvalue weighted by Gasteiger charge is 2.26. The highest BCUT2D eigenvalue weighted by molar-refractivity contribution is 7.10. The standard InChI is InChI=1S/C15H19NO2S2/c17-14(15-2-1-6-20-15)8-13-10-18-5-4-16(13)9-12-3-7-19-11-12/h1-3,6-7,11,13-14,17H,4-5,8-10H2. The van der Waals surface area contributed by atoms with Crippen molar-refractivity contribution in [2.75, 3.05) is 19.8 Å². The second-order valence-corrected chi connectivity index (χ2v) is 6.86. The molecular weight excluding hydrogens is 290 g/mol. The SMILES string of the molecule is OC(CC1COCCN1Cc1ccsc1)c1cccs1. The van der Waals surface area contributed by atoms with Gasteiger partial charge in [-0.2, -0.15) is 11.3 Å². The molecule has 0 radical (unpaired) electrons. The Labute approximate surface area is 127 Å². The van der Waals surface area contributed by atoms with E-state index in [9.17, 15) is 5.11 Å². The maximum absolute atomic E-state index is 10.3. The average Bonchev–Trinajstić information content (AvgIpc) is 3.13. The van der Waals surface area contributed by atoms with Crippen LogP contribution in [0.2, 0.25) is 0 Å². The van der Waals surface area contributed by atoms with Gasteiger partial charge < -0.3 is 9.84 Å². The summed E-state index contributed by atoms with van der Waals surface area (Å²) in [6, 6.07) is 6.46. The number of hydrogen-bond donors (Lipinski definition) is 1. The van der Waals surface area contributed by atoms with Crippen molar-refractivity contribution < 1.29 is 9.84 Å². The lowest BCUT2D eigenvalue weighted by Crippen LogP contribution is -2.45. The summed E-state index contributed by atoms with van der Waals surface area (Å²) in [7, 11) is 0. The quantitative estimate of drug-likeness (QED) is 0.921. The molecule has 0 aromatic carbocycles. The molecule has 0 amide bonds. The van der Waals surface area contributed by atoms with Gasteiger partial charge in [-0.25, -0.2) is 0 Å². The van der Waals surface area contributed by atoms with Crippen LogP contribution in [0, 0.1) is 0 Å². The monoisotopic (exact) mass is 309 g/mol. The molecular formula is C15H19NO2S2. The summed E-state index contributed by atoms with van der Waals surface area (Å²) in [6.45, 7) is 3.40. The van der Waals surface area contributed by atoms with Crippen LogP contribution >= 0.6 is 22.7 Å². The zero-order valence-electron chi connectivity index (χ0n) is 11.3. The molecule has 1 fully saturated rings. The second-order valence-electron chi connectivity index (χ2n) is 5.10. The summed E-state index contributed by atoms with van der Waals surface area (Å²) >= 11 is 3.35. The molecule has 2 aromatic heterocycles. The van der Waals surface area contributed by atoms with E-state index < -0.39 is 0 Å². The van der Waals surface area contributed by atoms with Crippen LogP contribution in [0.1, 0.15) is 23.0 Å². The molecule has 2 unspecified atom stereocenters. The maximum Gasteiger partial charge on any atom is 0.0897 e. The van der Waals surface area contributed by atoms with Gasteiger partial charge in [0.1, 0.15) is 0 Å². The van der Waals surface area contributed by atoms with E-state index >= 15 is 0 Å². The number of aliphatic hydroxyl groups is 1. The normalized spacial score (nSPS) is 21.9. The zero-order valence-corrected chi connectivity index (χ0v) is 12.9. The van der Waals surface area contributed by atoms with Gasteiger partial charge in [0.15, 0.2) is 0 Å². The van der Waals surface area contributed by atoms with Crippen LogP contribution in [0.25, 0.3) is 0 Å². The summed E-state index contributed by atoms with van der Waals surface area (Å²) in [5.74, 6) is 0. The molecule has 0 aliphatic carbocycles. The van der Waals surface area contributed by atoms with Gasteiger partial charge in [-0.3, -0.25) is 4.90 Å². The molecule has 3 nitrogen and oxygen atoms in total. The number of thiophene rings is 2. The van der Waals surface area contributed by atoms with Gasteiger partial charge in [-0.05, 0) is 40.3 Å². The highest BCUT2D eigenvalue weighted by Crippen LogP contribution is 2.26. The molecule has 108 valence electrons. The van der Waals surface area contributed by atoms with E-state index in [0.717, 1.165) is 31.0 Å². The minimum absolute atomic E-state index is 0.292. The van der Waals surface area contributed by atoms with Gasteiger partial charge in [0.25, 0.3) is 0 Å². The Balaban J connectivity index is 1.63. The Bertz CT molecular complexity index is 498. The van der Waals surface area contributed by atoms with Crippen LogP contribution in [0.3, 0.4) is 0 Å². The molecule has 3 heterocycles. The summed E-state index contributed by atoms with van der Waals surface area (Å²) in [4.78, 5) is 3.48. The van der Waals surface area contributed by atoms with Crippen LogP contribution in [-0.2, 0) is 11.3 Å². The van der Waals surface area contributed by atoms with Gasteiger partial charge in [-0.15, -0.1) is 11.3 Å². The lowest BCUT2D eigenvalue weighted by molar-refractivity contribution is -0.0295. The summed E-state index contributed by atoms with van der Waals surface area (Å²) < 4.78 is 5.60. The first-order valence-electron chi connectivity index (χ1n) is 6.87. The molecule has 1 aliphatic rings. The van der Waals surface area contributed by atoms with Gasteiger partial charge in [0.05, 0.1) is 19.3 Å². The first-order chi connectivity index (χ1) is 9.83. The van der Waals surface area contributed by atoms with E-state index in [1.807, 2.05) is 17.5 Å². The number of rotatable bonds is 5. The van der Waals surface area contributed by atoms with Crippen molar-refractivity contribution in [3.63, 3.8) is 0 Å². The Hall–Kier alpha value is -0.720. The number of aliphatic hydroxyl groups excluding tert-OH is 1. The molecule has 1 saturated heterocycles. The fraction of sp³-hybridized carbons (Fsp3) is 0.467. The van der Waals surface area contributed by atoms with Gasteiger partial charge >= 0.3 is 0 Å². The molecule has 0 saturated carbocycles. The van der Waals surface area contributed by atoms with Crippen LogP contribution in [0.4, 0.5) is 0 Å². The van der Waals surface area contributed by atoms with Crippen LogP contribution in [-0.4, -0.2) is 35.8 Å². The maximum atomic E-state index is 10.3. The van der Waals surface area contributed by atoms with E-state index in [2.05, 4.69) is 21.7 Å². The fourth-order valence-corrected chi connectivity index (χ4v) is 3.97. The third kappa shape index (κ3) is 3.48. The van der Waals surface area contributed by atoms with Gasteiger partial charge in [-0.1, -0.05) is 6.07 Å². The predicted molar refractivity (Wildman–Crippen MR) is 83.2 cm³/mol. The van der Waals surface area contributed by atoms with E-state index in [0.29, 0.717) is 12.6 Å². The van der Waals surface area contributed by atoms with Crippen molar-refractivity contribution in [3.05, 3.63) is 44.8 Å². The van der Waals surface area contributed by atoms with Crippen LogP contribution < -0.4 is 0 Å². The fourth-order valence-electron chi connectivity index (χ4n) is 2.59. The number of ether oxygens (including phenoxy) is 1. The molecule has 1 N–H and O–H groups in total. The molecule has 5 heteroatoms. The third-order valence-corrected chi connectivity index (χ3v) is 5.39. The van der Waals surface area contributed by atoms with Crippen molar-refractivity contribution in [3.8, 4) is 0 Å². The Morgan fingerprint density at radius 1 is 1.40 bits per heavy atom. The Morgan fingerprint density at radius 3 is 3.10 bits per heavy atom. The molecule has 0 bridgehead atoms. The second kappa shape index (κ2) is 6.83. The molecule has 3 rings (SSSR count). The van der Waals surface area contributed by atoms with E-state index in [1.54, 1.807) is 22.7 Å². The summed E-state index contributed by atoms with van der Waals surface area (Å²) in [5.41, 5.74) is 1.35. The van der Waals surface area contributed by atoms with Crippen molar-refractivity contribution in [1.82, 2.24) is 4.90 Å².